The molecule has 2 aliphatic rings. The highest BCUT2D eigenvalue weighted by atomic mass is 35.5. The van der Waals surface area contributed by atoms with E-state index in [1.54, 1.807) is 25.3 Å². The molecule has 4 rings (SSSR count). The van der Waals surface area contributed by atoms with Gasteiger partial charge in [-0.25, -0.2) is 9.98 Å². The lowest BCUT2D eigenvalue weighted by Gasteiger charge is -2.20. The van der Waals surface area contributed by atoms with Crippen LogP contribution in [-0.4, -0.2) is 43.6 Å². The van der Waals surface area contributed by atoms with Crippen LogP contribution in [0.25, 0.3) is 5.57 Å². The number of halogens is 1. The van der Waals surface area contributed by atoms with Gasteiger partial charge in [0.05, 0.1) is 17.7 Å². The van der Waals surface area contributed by atoms with Crippen molar-refractivity contribution in [2.75, 3.05) is 21.2 Å². The summed E-state index contributed by atoms with van der Waals surface area (Å²) in [6.07, 6.45) is 0. The van der Waals surface area contributed by atoms with Gasteiger partial charge >= 0.3 is 0 Å². The van der Waals surface area contributed by atoms with Crippen molar-refractivity contribution in [3.8, 4) is 5.75 Å². The van der Waals surface area contributed by atoms with E-state index in [4.69, 9.17) is 16.3 Å². The highest BCUT2D eigenvalue weighted by molar-refractivity contribution is 6.45. The average Bonchev–Trinajstić information content (AvgIpc) is 3.09. The number of hydrogen-bond acceptors (Lipinski definition) is 5. The van der Waals surface area contributed by atoms with Crippen LogP contribution < -0.4 is 4.74 Å². The third-order valence-electron chi connectivity index (χ3n) is 4.39. The molecule has 0 unspecified atom stereocenters. The summed E-state index contributed by atoms with van der Waals surface area (Å²) in [4.78, 5) is 24.4. The largest absolute Gasteiger partial charge is 0.495 e. The molecule has 0 bridgehead atoms. The van der Waals surface area contributed by atoms with Crippen molar-refractivity contribution in [2.24, 2.45) is 9.98 Å². The fraction of sp³-hybridized carbons (Fsp3) is 0.150. The summed E-state index contributed by atoms with van der Waals surface area (Å²) in [6, 6.07) is 12.8. The van der Waals surface area contributed by atoms with Crippen LogP contribution in [0.5, 0.6) is 5.75 Å². The van der Waals surface area contributed by atoms with Crippen molar-refractivity contribution in [2.45, 2.75) is 0 Å². The van der Waals surface area contributed by atoms with Crippen molar-refractivity contribution in [3.05, 3.63) is 69.9 Å². The number of aliphatic imine (C=N–C) groups is 2. The van der Waals surface area contributed by atoms with Crippen LogP contribution in [-0.2, 0) is 0 Å². The molecule has 0 saturated heterocycles. The van der Waals surface area contributed by atoms with Gasteiger partial charge in [-0.2, -0.15) is 0 Å². The van der Waals surface area contributed by atoms with E-state index in [1.807, 2.05) is 43.3 Å². The van der Waals surface area contributed by atoms with Gasteiger partial charge in [0.1, 0.15) is 17.2 Å². The number of ketones is 1. The fourth-order valence-electron chi connectivity index (χ4n) is 3.13. The number of carbonyl (C=O) groups excluding carboxylic acids is 1. The zero-order valence-corrected chi connectivity index (χ0v) is 15.3. The van der Waals surface area contributed by atoms with Crippen LogP contribution in [0.3, 0.4) is 0 Å². The van der Waals surface area contributed by atoms with Crippen molar-refractivity contribution in [1.82, 2.24) is 4.90 Å². The minimum absolute atomic E-state index is 0.117. The SMILES string of the molecule is COc1cccc(C2=C3N=C(N(C)C)N=C3c3ccccc3C2=O)c1Cl. The van der Waals surface area contributed by atoms with E-state index < -0.39 is 0 Å². The minimum Gasteiger partial charge on any atom is -0.495 e. The number of ether oxygens (including phenoxy) is 1. The lowest BCUT2D eigenvalue weighted by molar-refractivity contribution is 0.105. The van der Waals surface area contributed by atoms with E-state index in [9.17, 15) is 4.79 Å². The number of allylic oxidation sites excluding steroid dienone is 2. The zero-order chi connectivity index (χ0) is 18.4. The Balaban J connectivity index is 2.04. The molecule has 2 aromatic carbocycles. The number of hydrogen-bond donors (Lipinski definition) is 0. The zero-order valence-electron chi connectivity index (χ0n) is 14.6. The van der Waals surface area contributed by atoms with Crippen molar-refractivity contribution in [1.29, 1.82) is 0 Å². The van der Waals surface area contributed by atoms with Gasteiger partial charge in [-0.15, -0.1) is 0 Å². The summed E-state index contributed by atoms with van der Waals surface area (Å²) in [5.41, 5.74) is 3.67. The highest BCUT2D eigenvalue weighted by Gasteiger charge is 2.35. The summed E-state index contributed by atoms with van der Waals surface area (Å²) < 4.78 is 5.31. The summed E-state index contributed by atoms with van der Waals surface area (Å²) in [5, 5.41) is 0.387. The normalized spacial score (nSPS) is 15.3. The van der Waals surface area contributed by atoms with Gasteiger partial charge < -0.3 is 9.64 Å². The molecule has 1 heterocycles. The molecule has 1 aliphatic heterocycles. The predicted octanol–water partition coefficient (Wildman–Crippen LogP) is 3.68. The molecule has 0 amide bonds. The van der Waals surface area contributed by atoms with Gasteiger partial charge in [-0.1, -0.05) is 48.0 Å². The quantitative estimate of drug-likeness (QED) is 0.815. The van der Waals surface area contributed by atoms with Crippen LogP contribution in [0.4, 0.5) is 0 Å². The molecule has 0 spiro atoms. The molecular weight excluding hydrogens is 350 g/mol. The number of Topliss-reactive ketones (excluding diaryl/α,β-unsaturated/α-hetero) is 1. The van der Waals surface area contributed by atoms with Crippen LogP contribution >= 0.6 is 11.6 Å². The summed E-state index contributed by atoms with van der Waals surface area (Å²) in [7, 11) is 5.28. The number of nitrogens with zero attached hydrogens (tertiary/aromatic N) is 3. The third-order valence-corrected chi connectivity index (χ3v) is 4.78. The van der Waals surface area contributed by atoms with Crippen LogP contribution in [0.15, 0.2) is 58.1 Å². The molecule has 6 heteroatoms. The van der Waals surface area contributed by atoms with Crippen LogP contribution in [0.2, 0.25) is 5.02 Å². The lowest BCUT2D eigenvalue weighted by atomic mass is 9.84. The molecule has 0 radical (unpaired) electrons. The maximum absolute atomic E-state index is 13.3. The number of carbonyl (C=O) groups is 1. The molecule has 1 aliphatic carbocycles. The Morgan fingerprint density at radius 3 is 2.35 bits per heavy atom. The third kappa shape index (κ3) is 2.35. The molecule has 26 heavy (non-hydrogen) atoms. The van der Waals surface area contributed by atoms with Gasteiger partial charge in [0.2, 0.25) is 5.96 Å². The van der Waals surface area contributed by atoms with Gasteiger partial charge in [-0.3, -0.25) is 4.79 Å². The number of methoxy groups -OCH3 is 1. The maximum atomic E-state index is 13.3. The lowest BCUT2D eigenvalue weighted by Crippen LogP contribution is -2.20. The Bertz CT molecular complexity index is 1040. The van der Waals surface area contributed by atoms with Gasteiger partial charge in [0.25, 0.3) is 0 Å². The Morgan fingerprint density at radius 2 is 1.65 bits per heavy atom. The maximum Gasteiger partial charge on any atom is 0.226 e. The predicted molar refractivity (Wildman–Crippen MR) is 103 cm³/mol. The molecule has 5 nitrogen and oxygen atoms in total. The van der Waals surface area contributed by atoms with E-state index in [0.29, 0.717) is 44.8 Å². The first-order valence-electron chi connectivity index (χ1n) is 8.09. The second-order valence-corrected chi connectivity index (χ2v) is 6.56. The Labute approximate surface area is 156 Å². The molecule has 130 valence electrons. The second-order valence-electron chi connectivity index (χ2n) is 6.19. The molecule has 0 fully saturated rings. The average molecular weight is 366 g/mol. The number of benzene rings is 2. The van der Waals surface area contributed by atoms with Gasteiger partial charge in [-0.05, 0) is 6.07 Å². The van der Waals surface area contributed by atoms with Gasteiger partial charge in [0.15, 0.2) is 5.78 Å². The number of rotatable bonds is 2. The molecular formula is C20H16ClN3O2. The Hall–Kier alpha value is -2.92. The van der Waals surface area contributed by atoms with Crippen LogP contribution in [0, 0.1) is 0 Å². The van der Waals surface area contributed by atoms with E-state index in [-0.39, 0.29) is 5.78 Å². The molecule has 0 saturated carbocycles. The van der Waals surface area contributed by atoms with Gasteiger partial charge in [0, 0.05) is 30.8 Å². The Morgan fingerprint density at radius 1 is 0.962 bits per heavy atom. The second kappa shape index (κ2) is 6.11. The molecule has 0 aromatic heterocycles. The standard InChI is InChI=1S/C20H16ClN3O2/c1-24(2)20-22-17-11-7-4-5-8-12(11)19(25)15(18(17)23-20)13-9-6-10-14(26-3)16(13)21/h4-10H,1-3H3. The van der Waals surface area contributed by atoms with E-state index in [0.717, 1.165) is 5.56 Å². The fourth-order valence-corrected chi connectivity index (χ4v) is 3.43. The van der Waals surface area contributed by atoms with Crippen molar-refractivity contribution < 1.29 is 9.53 Å². The monoisotopic (exact) mass is 365 g/mol. The smallest absolute Gasteiger partial charge is 0.226 e. The van der Waals surface area contributed by atoms with E-state index in [2.05, 4.69) is 9.98 Å². The molecule has 2 aromatic rings. The Kier molecular flexibility index (Phi) is 3.89. The highest BCUT2D eigenvalue weighted by Crippen LogP contribution is 2.40. The summed E-state index contributed by atoms with van der Waals surface area (Å²) in [5.74, 6) is 0.946. The summed E-state index contributed by atoms with van der Waals surface area (Å²) in [6.45, 7) is 0. The molecule has 0 N–H and O–H groups in total. The number of fused-ring (bicyclic) bond motifs is 3. The van der Waals surface area contributed by atoms with Crippen molar-refractivity contribution >= 4 is 34.6 Å². The van der Waals surface area contributed by atoms with E-state index in [1.165, 1.54) is 0 Å². The number of guanidine groups is 1. The van der Waals surface area contributed by atoms with Crippen LogP contribution in [0.1, 0.15) is 21.5 Å². The minimum atomic E-state index is -0.117. The topological polar surface area (TPSA) is 54.3 Å². The van der Waals surface area contributed by atoms with Crippen molar-refractivity contribution in [3.63, 3.8) is 0 Å². The molecule has 0 atom stereocenters. The van der Waals surface area contributed by atoms with E-state index >= 15 is 0 Å². The first-order valence-corrected chi connectivity index (χ1v) is 8.47. The first kappa shape index (κ1) is 16.5. The first-order chi connectivity index (χ1) is 12.5. The summed E-state index contributed by atoms with van der Waals surface area (Å²) >= 11 is 6.51.